The van der Waals surface area contributed by atoms with Crippen LogP contribution >= 0.6 is 0 Å². The lowest BCUT2D eigenvalue weighted by atomic mass is 10.1. The molecule has 1 aliphatic rings. The summed E-state index contributed by atoms with van der Waals surface area (Å²) in [7, 11) is -3.57. The maximum absolute atomic E-state index is 14.6. The smallest absolute Gasteiger partial charge is 0.348 e. The molecular weight excluding hydrogens is 490 g/mol. The van der Waals surface area contributed by atoms with Crippen molar-refractivity contribution in [1.82, 2.24) is 23.8 Å². The monoisotopic (exact) mass is 509 g/mol. The lowest BCUT2D eigenvalue weighted by Gasteiger charge is -2.33. The van der Waals surface area contributed by atoms with Crippen LogP contribution in [0.4, 0.5) is 23.5 Å². The van der Waals surface area contributed by atoms with Gasteiger partial charge in [0.2, 0.25) is 16.0 Å². The van der Waals surface area contributed by atoms with Gasteiger partial charge in [-0.1, -0.05) is 12.1 Å². The van der Waals surface area contributed by atoms with Gasteiger partial charge in [-0.2, -0.15) is 22.7 Å². The fraction of sp³-hybridized carbons (Fsp3) is 0.333. The Bertz CT molecular complexity index is 1380. The molecule has 0 spiro atoms. The summed E-state index contributed by atoms with van der Waals surface area (Å²) in [5.74, 6) is -0.250. The number of rotatable bonds is 5. The fourth-order valence-corrected chi connectivity index (χ4v) is 4.58. The molecule has 1 fully saturated rings. The number of nitrogens with one attached hydrogen (secondary N) is 1. The van der Waals surface area contributed by atoms with Crippen molar-refractivity contribution in [2.75, 3.05) is 24.7 Å². The van der Waals surface area contributed by atoms with E-state index in [2.05, 4.69) is 20.3 Å². The van der Waals surface area contributed by atoms with E-state index in [1.54, 1.807) is 24.3 Å². The molecule has 14 heteroatoms. The van der Waals surface area contributed by atoms with E-state index in [0.717, 1.165) is 10.6 Å². The Balaban J connectivity index is 1.66. The number of hydrogen-bond donors (Lipinski definition) is 1. The summed E-state index contributed by atoms with van der Waals surface area (Å²) < 4.78 is 81.4. The van der Waals surface area contributed by atoms with Crippen molar-refractivity contribution < 1.29 is 26.0 Å². The molecule has 35 heavy (non-hydrogen) atoms. The van der Waals surface area contributed by atoms with Crippen molar-refractivity contribution in [3.05, 3.63) is 54.1 Å². The molecule has 3 heterocycles. The molecule has 1 saturated heterocycles. The highest BCUT2D eigenvalue weighted by Crippen LogP contribution is 2.36. The molecule has 1 aromatic carbocycles. The van der Waals surface area contributed by atoms with Crippen LogP contribution in [0.25, 0.3) is 17.1 Å². The Kier molecular flexibility index (Phi) is 6.48. The van der Waals surface area contributed by atoms with Gasteiger partial charge < -0.3 is 9.88 Å². The van der Waals surface area contributed by atoms with Gasteiger partial charge in [0.25, 0.3) is 0 Å². The van der Waals surface area contributed by atoms with E-state index < -0.39 is 39.7 Å². The lowest BCUT2D eigenvalue weighted by Crippen LogP contribution is -2.49. The summed E-state index contributed by atoms with van der Waals surface area (Å²) in [5.41, 5.74) is -1.06. The molecule has 0 aliphatic carbocycles. The molecule has 1 aliphatic heterocycles. The van der Waals surface area contributed by atoms with Crippen molar-refractivity contribution in [3.8, 4) is 23.1 Å². The van der Waals surface area contributed by atoms with E-state index in [1.807, 2.05) is 6.07 Å². The first kappa shape index (κ1) is 24.6. The van der Waals surface area contributed by atoms with Gasteiger partial charge in [-0.05, 0) is 18.6 Å². The van der Waals surface area contributed by atoms with Gasteiger partial charge in [0.05, 0.1) is 23.5 Å². The maximum atomic E-state index is 14.6. The lowest BCUT2D eigenvalue weighted by molar-refractivity contribution is -0.137. The number of nitrogens with zero attached hydrogens (tertiary/aromatic N) is 6. The second kappa shape index (κ2) is 9.23. The van der Waals surface area contributed by atoms with Gasteiger partial charge in [-0.25, -0.2) is 27.8 Å². The standard InChI is InChI=1S/C21H19F4N7O2S/c1-35(33,34)32-7-6-16(15(22)10-32)29-20-27-9-14(21(23,24)25)19(30-20)17-11-31(12-28-17)18-5-3-2-4-13(18)8-26/h2-5,9,11-12,15-16H,6-7,10H2,1H3,(H,27,29,30)/t15-,16+/m1/s1. The first-order valence-corrected chi connectivity index (χ1v) is 12.2. The first-order chi connectivity index (χ1) is 16.5. The number of piperidine rings is 1. The van der Waals surface area contributed by atoms with Crippen LogP contribution in [0.3, 0.4) is 0 Å². The van der Waals surface area contributed by atoms with Crippen LogP contribution in [0.1, 0.15) is 17.5 Å². The minimum Gasteiger partial charge on any atom is -0.348 e. The van der Waals surface area contributed by atoms with Crippen LogP contribution in [0, 0.1) is 11.3 Å². The number of nitriles is 1. The van der Waals surface area contributed by atoms with E-state index in [9.17, 15) is 31.2 Å². The largest absolute Gasteiger partial charge is 0.420 e. The maximum Gasteiger partial charge on any atom is 0.420 e. The molecule has 0 unspecified atom stereocenters. The number of alkyl halides is 4. The van der Waals surface area contributed by atoms with E-state index in [1.165, 1.54) is 17.1 Å². The molecule has 0 saturated carbocycles. The van der Waals surface area contributed by atoms with Gasteiger partial charge >= 0.3 is 6.18 Å². The topological polar surface area (TPSA) is 117 Å². The number of sulfonamides is 1. The highest BCUT2D eigenvalue weighted by molar-refractivity contribution is 7.88. The Morgan fingerprint density at radius 3 is 2.63 bits per heavy atom. The third-order valence-electron chi connectivity index (χ3n) is 5.51. The number of imidazole rings is 1. The van der Waals surface area contributed by atoms with Gasteiger partial charge in [0, 0.05) is 25.5 Å². The van der Waals surface area contributed by atoms with Crippen LogP contribution in [-0.4, -0.2) is 63.8 Å². The number of aromatic nitrogens is 4. The predicted octanol–water partition coefficient (Wildman–Crippen LogP) is 3.00. The van der Waals surface area contributed by atoms with E-state index in [4.69, 9.17) is 0 Å². The minimum atomic E-state index is -4.79. The number of hydrogen-bond acceptors (Lipinski definition) is 7. The summed E-state index contributed by atoms with van der Waals surface area (Å²) in [5, 5.41) is 12.0. The van der Waals surface area contributed by atoms with E-state index in [-0.39, 0.29) is 31.2 Å². The molecule has 9 nitrogen and oxygen atoms in total. The third kappa shape index (κ3) is 5.25. The van der Waals surface area contributed by atoms with Crippen LogP contribution in [-0.2, 0) is 16.2 Å². The minimum absolute atomic E-state index is 0.0487. The van der Waals surface area contributed by atoms with Crippen LogP contribution in [0.2, 0.25) is 0 Å². The molecule has 2 aromatic heterocycles. The second-order valence-electron chi connectivity index (χ2n) is 7.93. The normalized spacial score (nSPS) is 19.3. The molecule has 4 rings (SSSR count). The average Bonchev–Trinajstić information content (AvgIpc) is 3.29. The SMILES string of the molecule is CS(=O)(=O)N1CC[C@H](Nc2ncc(C(F)(F)F)c(-c3cn(-c4ccccc4C#N)cn3)n2)[C@H](F)C1. The average molecular weight is 509 g/mol. The predicted molar refractivity (Wildman–Crippen MR) is 118 cm³/mol. The van der Waals surface area contributed by atoms with Crippen molar-refractivity contribution in [2.45, 2.75) is 24.8 Å². The van der Waals surface area contributed by atoms with Crippen LogP contribution in [0.15, 0.2) is 43.0 Å². The highest BCUT2D eigenvalue weighted by atomic mass is 32.2. The summed E-state index contributed by atoms with van der Waals surface area (Å²) >= 11 is 0. The number of halogens is 4. The van der Waals surface area contributed by atoms with Crippen molar-refractivity contribution in [3.63, 3.8) is 0 Å². The summed E-state index contributed by atoms with van der Waals surface area (Å²) in [4.78, 5) is 11.7. The van der Waals surface area contributed by atoms with E-state index >= 15 is 0 Å². The third-order valence-corrected chi connectivity index (χ3v) is 6.78. The van der Waals surface area contributed by atoms with Crippen LogP contribution < -0.4 is 5.32 Å². The second-order valence-corrected chi connectivity index (χ2v) is 9.91. The summed E-state index contributed by atoms with van der Waals surface area (Å²) in [6.07, 6.45) is -2.19. The zero-order valence-corrected chi connectivity index (χ0v) is 19.1. The molecule has 1 N–H and O–H groups in total. The quantitative estimate of drug-likeness (QED) is 0.526. The zero-order chi connectivity index (χ0) is 25.4. The zero-order valence-electron chi connectivity index (χ0n) is 18.2. The molecule has 0 amide bonds. The molecular formula is C21H19F4N7O2S. The Morgan fingerprint density at radius 2 is 1.97 bits per heavy atom. The van der Waals surface area contributed by atoms with Crippen LogP contribution in [0.5, 0.6) is 0 Å². The van der Waals surface area contributed by atoms with Gasteiger partial charge in [-0.3, -0.25) is 0 Å². The summed E-state index contributed by atoms with van der Waals surface area (Å²) in [6, 6.07) is 7.62. The summed E-state index contributed by atoms with van der Waals surface area (Å²) in [6.45, 7) is -0.334. The van der Waals surface area contributed by atoms with Crippen molar-refractivity contribution in [2.24, 2.45) is 0 Å². The number of benzene rings is 1. The number of anilines is 1. The van der Waals surface area contributed by atoms with Gasteiger partial charge in [0.1, 0.15) is 35.5 Å². The number of para-hydroxylation sites is 1. The Hall–Kier alpha value is -3.57. The van der Waals surface area contributed by atoms with E-state index in [0.29, 0.717) is 17.4 Å². The fourth-order valence-electron chi connectivity index (χ4n) is 3.73. The van der Waals surface area contributed by atoms with Gasteiger partial charge in [-0.15, -0.1) is 0 Å². The molecule has 0 radical (unpaired) electrons. The van der Waals surface area contributed by atoms with Gasteiger partial charge in [0.15, 0.2) is 0 Å². The molecule has 0 bridgehead atoms. The molecule has 2 atom stereocenters. The highest BCUT2D eigenvalue weighted by Gasteiger charge is 2.37. The Labute approximate surface area is 198 Å². The molecule has 3 aromatic rings. The Morgan fingerprint density at radius 1 is 1.23 bits per heavy atom. The van der Waals surface area contributed by atoms with Crippen molar-refractivity contribution >= 4 is 16.0 Å². The van der Waals surface area contributed by atoms with Crippen molar-refractivity contribution in [1.29, 1.82) is 5.26 Å². The molecule has 184 valence electrons. The first-order valence-electron chi connectivity index (χ1n) is 10.3.